The Labute approximate surface area is 142 Å². The molecule has 0 spiro atoms. The smallest absolute Gasteiger partial charge is 0.224 e. The predicted molar refractivity (Wildman–Crippen MR) is 95.4 cm³/mol. The molecular formula is C18H28N2O2S. The molecule has 0 aliphatic carbocycles. The summed E-state index contributed by atoms with van der Waals surface area (Å²) in [4.78, 5) is 12.3. The minimum Gasteiger partial charge on any atom is -0.355 e. The Morgan fingerprint density at radius 2 is 2.13 bits per heavy atom. The van der Waals surface area contributed by atoms with Crippen molar-refractivity contribution >= 4 is 16.9 Å². The number of unbranched alkanes of at least 4 members (excludes halogenated alkanes) is 1. The molecule has 1 amide bonds. The summed E-state index contributed by atoms with van der Waals surface area (Å²) in [7, 11) is -0.926. The monoisotopic (exact) mass is 336 g/mol. The van der Waals surface area contributed by atoms with Crippen molar-refractivity contribution in [3.05, 3.63) is 35.9 Å². The molecule has 1 aromatic carbocycles. The molecule has 2 atom stereocenters. The molecule has 1 aromatic rings. The van der Waals surface area contributed by atoms with Crippen LogP contribution >= 0.6 is 0 Å². The van der Waals surface area contributed by atoms with Gasteiger partial charge in [-0.05, 0) is 31.2 Å². The number of nitrogens with one attached hydrogen (secondary N) is 1. The van der Waals surface area contributed by atoms with Crippen LogP contribution in [0, 0.1) is 5.92 Å². The average molecular weight is 337 g/mol. The molecule has 0 bridgehead atoms. The maximum atomic E-state index is 12.3. The maximum Gasteiger partial charge on any atom is 0.224 e. The fourth-order valence-electron chi connectivity index (χ4n) is 2.86. The highest BCUT2D eigenvalue weighted by molar-refractivity contribution is 7.82. The van der Waals surface area contributed by atoms with Gasteiger partial charge in [0.15, 0.2) is 0 Å². The summed E-state index contributed by atoms with van der Waals surface area (Å²) in [6.45, 7) is 4.26. The van der Waals surface area contributed by atoms with Crippen molar-refractivity contribution in [3.8, 4) is 0 Å². The summed E-state index contributed by atoms with van der Waals surface area (Å²) in [5, 5.41) is 3.04. The molecule has 2 unspecified atom stereocenters. The van der Waals surface area contributed by atoms with Gasteiger partial charge in [-0.2, -0.15) is 0 Å². The van der Waals surface area contributed by atoms with Crippen LogP contribution in [0.3, 0.4) is 0 Å². The quantitative estimate of drug-likeness (QED) is 0.793. The molecule has 4 nitrogen and oxygen atoms in total. The Hall–Kier alpha value is -1.20. The van der Waals surface area contributed by atoms with Crippen LogP contribution in [0.25, 0.3) is 0 Å². The second-order valence-corrected chi connectivity index (χ2v) is 7.70. The molecule has 5 heteroatoms. The number of nitrogens with zero attached hydrogens (tertiary/aromatic N) is 1. The van der Waals surface area contributed by atoms with Gasteiger partial charge >= 0.3 is 0 Å². The average Bonchev–Trinajstić information content (AvgIpc) is 2.60. The summed E-state index contributed by atoms with van der Waals surface area (Å²) < 4.78 is 14.2. The standard InChI is InChI=1S/C18H28N2O2S/c1-2-3-14-23(22)20-13-7-10-17(15-20)18(21)19-12-11-16-8-5-4-6-9-16/h4-6,8-9,17H,2-3,7,10-15H2,1H3,(H,19,21). The highest BCUT2D eigenvalue weighted by Gasteiger charge is 2.28. The maximum absolute atomic E-state index is 12.3. The number of piperidine rings is 1. The number of amides is 1. The number of hydrogen-bond donors (Lipinski definition) is 1. The van der Waals surface area contributed by atoms with Crippen LogP contribution in [0.5, 0.6) is 0 Å². The van der Waals surface area contributed by atoms with Crippen molar-refractivity contribution < 1.29 is 9.00 Å². The van der Waals surface area contributed by atoms with Crippen LogP contribution in [0.15, 0.2) is 30.3 Å². The van der Waals surface area contributed by atoms with Crippen molar-refractivity contribution in [1.82, 2.24) is 9.62 Å². The molecule has 1 aliphatic heterocycles. The summed E-state index contributed by atoms with van der Waals surface area (Å²) >= 11 is 0. The van der Waals surface area contributed by atoms with Crippen molar-refractivity contribution in [2.24, 2.45) is 5.92 Å². The first-order valence-electron chi connectivity index (χ1n) is 8.65. The van der Waals surface area contributed by atoms with Crippen molar-refractivity contribution in [2.45, 2.75) is 39.0 Å². The fraction of sp³-hybridized carbons (Fsp3) is 0.611. The zero-order chi connectivity index (χ0) is 16.5. The number of benzene rings is 1. The lowest BCUT2D eigenvalue weighted by molar-refractivity contribution is -0.126. The first-order valence-corrected chi connectivity index (χ1v) is 9.93. The van der Waals surface area contributed by atoms with Gasteiger partial charge in [-0.15, -0.1) is 0 Å². The zero-order valence-corrected chi connectivity index (χ0v) is 14.8. The molecule has 1 saturated heterocycles. The van der Waals surface area contributed by atoms with E-state index in [-0.39, 0.29) is 11.8 Å². The van der Waals surface area contributed by atoms with Crippen LogP contribution < -0.4 is 5.32 Å². The van der Waals surface area contributed by atoms with Crippen molar-refractivity contribution in [2.75, 3.05) is 25.4 Å². The minimum atomic E-state index is -0.926. The predicted octanol–water partition coefficient (Wildman–Crippen LogP) is 2.52. The number of hydrogen-bond acceptors (Lipinski definition) is 2. The van der Waals surface area contributed by atoms with E-state index >= 15 is 0 Å². The number of carbonyl (C=O) groups excluding carboxylic acids is 1. The second-order valence-electron chi connectivity index (χ2n) is 6.13. The van der Waals surface area contributed by atoms with E-state index in [4.69, 9.17) is 0 Å². The Kier molecular flexibility index (Phi) is 7.76. The summed E-state index contributed by atoms with van der Waals surface area (Å²) in [6, 6.07) is 10.2. The largest absolute Gasteiger partial charge is 0.355 e. The first-order chi connectivity index (χ1) is 11.2. The van der Waals surface area contributed by atoms with E-state index in [1.165, 1.54) is 5.56 Å². The van der Waals surface area contributed by atoms with E-state index in [2.05, 4.69) is 24.4 Å². The summed E-state index contributed by atoms with van der Waals surface area (Å²) in [6.07, 6.45) is 4.75. The Bertz CT molecular complexity index is 507. The van der Waals surface area contributed by atoms with Gasteiger partial charge in [0.05, 0.1) is 16.9 Å². The number of carbonyl (C=O) groups is 1. The van der Waals surface area contributed by atoms with Gasteiger partial charge in [0.1, 0.15) is 0 Å². The molecule has 0 saturated carbocycles. The molecular weight excluding hydrogens is 308 g/mol. The Balaban J connectivity index is 1.74. The summed E-state index contributed by atoms with van der Waals surface area (Å²) in [5.74, 6) is 0.807. The van der Waals surface area contributed by atoms with Crippen LogP contribution in [0.4, 0.5) is 0 Å². The Morgan fingerprint density at radius 3 is 2.87 bits per heavy atom. The van der Waals surface area contributed by atoms with E-state index in [1.54, 1.807) is 0 Å². The normalized spacial score (nSPS) is 20.1. The molecule has 1 fully saturated rings. The third kappa shape index (κ3) is 6.07. The van der Waals surface area contributed by atoms with Gasteiger partial charge in [-0.3, -0.25) is 4.79 Å². The number of rotatable bonds is 8. The second kappa shape index (κ2) is 9.83. The third-order valence-electron chi connectivity index (χ3n) is 4.27. The van der Waals surface area contributed by atoms with E-state index in [0.717, 1.165) is 44.4 Å². The molecule has 0 radical (unpaired) electrons. The molecule has 23 heavy (non-hydrogen) atoms. The van der Waals surface area contributed by atoms with Crippen molar-refractivity contribution in [3.63, 3.8) is 0 Å². The zero-order valence-electron chi connectivity index (χ0n) is 14.0. The van der Waals surface area contributed by atoms with Gasteiger partial charge in [0, 0.05) is 25.4 Å². The third-order valence-corrected chi connectivity index (χ3v) is 5.82. The van der Waals surface area contributed by atoms with Gasteiger partial charge in [-0.25, -0.2) is 8.51 Å². The van der Waals surface area contributed by atoms with E-state index in [1.807, 2.05) is 22.5 Å². The lowest BCUT2D eigenvalue weighted by Gasteiger charge is -2.30. The van der Waals surface area contributed by atoms with Gasteiger partial charge in [0.25, 0.3) is 0 Å². The van der Waals surface area contributed by atoms with Gasteiger partial charge in [-0.1, -0.05) is 43.7 Å². The van der Waals surface area contributed by atoms with Crippen LogP contribution in [-0.4, -0.2) is 39.8 Å². The molecule has 1 heterocycles. The lowest BCUT2D eigenvalue weighted by atomic mass is 9.99. The lowest BCUT2D eigenvalue weighted by Crippen LogP contribution is -2.44. The molecule has 128 valence electrons. The highest BCUT2D eigenvalue weighted by atomic mass is 32.2. The van der Waals surface area contributed by atoms with E-state index in [9.17, 15) is 9.00 Å². The highest BCUT2D eigenvalue weighted by Crippen LogP contribution is 2.18. The summed E-state index contributed by atoms with van der Waals surface area (Å²) in [5.41, 5.74) is 1.23. The first kappa shape index (κ1) is 18.1. The van der Waals surface area contributed by atoms with Gasteiger partial charge < -0.3 is 5.32 Å². The topological polar surface area (TPSA) is 49.4 Å². The van der Waals surface area contributed by atoms with Crippen LogP contribution in [0.1, 0.15) is 38.2 Å². The molecule has 1 N–H and O–H groups in total. The molecule has 0 aromatic heterocycles. The molecule has 2 rings (SSSR count). The van der Waals surface area contributed by atoms with E-state index < -0.39 is 11.0 Å². The SMILES string of the molecule is CCCCS(=O)N1CCCC(C(=O)NCCc2ccccc2)C1. The Morgan fingerprint density at radius 1 is 1.35 bits per heavy atom. The van der Waals surface area contributed by atoms with Crippen molar-refractivity contribution in [1.29, 1.82) is 0 Å². The fourth-order valence-corrected chi connectivity index (χ4v) is 4.33. The van der Waals surface area contributed by atoms with Crippen LogP contribution in [-0.2, 0) is 22.2 Å². The van der Waals surface area contributed by atoms with Crippen LogP contribution in [0.2, 0.25) is 0 Å². The van der Waals surface area contributed by atoms with E-state index in [0.29, 0.717) is 13.1 Å². The molecule has 1 aliphatic rings. The van der Waals surface area contributed by atoms with Gasteiger partial charge in [0.2, 0.25) is 5.91 Å². The minimum absolute atomic E-state index is 0.0231.